The van der Waals surface area contributed by atoms with Crippen molar-refractivity contribution in [3.63, 3.8) is 0 Å². The van der Waals surface area contributed by atoms with Gasteiger partial charge in [-0.3, -0.25) is 4.99 Å². The van der Waals surface area contributed by atoms with Crippen molar-refractivity contribution in [3.05, 3.63) is 16.1 Å². The molecule has 2 N–H and O–H groups in total. The number of aryl methyl sites for hydroxylation is 1. The molecule has 0 aromatic carbocycles. The first-order valence-corrected chi connectivity index (χ1v) is 6.08. The highest BCUT2D eigenvalue weighted by Gasteiger charge is 2.28. The summed E-state index contributed by atoms with van der Waals surface area (Å²) in [5.41, 5.74) is 6.91. The zero-order chi connectivity index (χ0) is 11.5. The molecule has 0 amide bonds. The summed E-state index contributed by atoms with van der Waals surface area (Å²) in [4.78, 5) is 10.8. The first-order valence-electron chi connectivity index (χ1n) is 5.20. The maximum atomic E-state index is 5.85. The van der Waals surface area contributed by atoms with Gasteiger partial charge in [0.05, 0.1) is 29.9 Å². The van der Waals surface area contributed by atoms with Crippen LogP contribution in [0.3, 0.4) is 0 Å². The fourth-order valence-corrected chi connectivity index (χ4v) is 2.43. The summed E-state index contributed by atoms with van der Waals surface area (Å²) in [6.45, 7) is 4.11. The number of rotatable bonds is 4. The van der Waals surface area contributed by atoms with Gasteiger partial charge in [-0.2, -0.15) is 0 Å². The van der Waals surface area contributed by atoms with Crippen LogP contribution in [0.5, 0.6) is 0 Å². The summed E-state index contributed by atoms with van der Waals surface area (Å²) in [7, 11) is 1.69. The molecule has 0 bridgehead atoms. The largest absolute Gasteiger partial charge is 0.383 e. The molecule has 0 spiro atoms. The maximum Gasteiger partial charge on any atom is 0.192 e. The summed E-state index contributed by atoms with van der Waals surface area (Å²) in [6.07, 6.45) is 0. The zero-order valence-corrected chi connectivity index (χ0v) is 10.3. The predicted octanol–water partition coefficient (Wildman–Crippen LogP) is 0.769. The predicted molar refractivity (Wildman–Crippen MR) is 64.7 cm³/mol. The number of nitrogens with zero attached hydrogens (tertiary/aromatic N) is 3. The average Bonchev–Trinajstić information content (AvgIpc) is 2.82. The minimum Gasteiger partial charge on any atom is -0.383 e. The maximum absolute atomic E-state index is 5.85. The molecule has 0 saturated carbocycles. The van der Waals surface area contributed by atoms with Gasteiger partial charge in [-0.15, -0.1) is 11.3 Å². The third-order valence-electron chi connectivity index (χ3n) is 2.61. The fraction of sp³-hybridized carbons (Fsp3) is 0.600. The van der Waals surface area contributed by atoms with Gasteiger partial charge in [0.25, 0.3) is 0 Å². The van der Waals surface area contributed by atoms with Crippen LogP contribution in [-0.4, -0.2) is 42.6 Å². The van der Waals surface area contributed by atoms with Crippen LogP contribution in [-0.2, 0) is 4.74 Å². The molecule has 1 unspecified atom stereocenters. The summed E-state index contributed by atoms with van der Waals surface area (Å²) in [5.74, 6) is 0.590. The molecule has 0 aliphatic carbocycles. The zero-order valence-electron chi connectivity index (χ0n) is 9.51. The van der Waals surface area contributed by atoms with Crippen LogP contribution in [0.25, 0.3) is 0 Å². The lowest BCUT2D eigenvalue weighted by Crippen LogP contribution is -2.38. The van der Waals surface area contributed by atoms with Crippen LogP contribution in [0, 0.1) is 6.92 Å². The van der Waals surface area contributed by atoms with E-state index in [1.807, 2.05) is 6.92 Å². The molecule has 2 rings (SSSR count). The molecule has 2 heterocycles. The van der Waals surface area contributed by atoms with Crippen molar-refractivity contribution in [1.29, 1.82) is 0 Å². The van der Waals surface area contributed by atoms with Crippen molar-refractivity contribution in [2.45, 2.75) is 13.0 Å². The van der Waals surface area contributed by atoms with Crippen LogP contribution < -0.4 is 5.73 Å². The van der Waals surface area contributed by atoms with E-state index in [0.29, 0.717) is 19.1 Å². The highest BCUT2D eigenvalue weighted by atomic mass is 32.1. The Bertz CT molecular complexity index is 390. The van der Waals surface area contributed by atoms with Gasteiger partial charge in [-0.25, -0.2) is 4.98 Å². The van der Waals surface area contributed by atoms with Crippen molar-refractivity contribution < 1.29 is 4.74 Å². The van der Waals surface area contributed by atoms with Gasteiger partial charge in [0.1, 0.15) is 0 Å². The van der Waals surface area contributed by atoms with Crippen LogP contribution >= 0.6 is 11.3 Å². The van der Waals surface area contributed by atoms with Gasteiger partial charge in [-0.05, 0) is 6.92 Å². The van der Waals surface area contributed by atoms with Crippen molar-refractivity contribution in [2.24, 2.45) is 10.7 Å². The topological polar surface area (TPSA) is 63.7 Å². The lowest BCUT2D eigenvalue weighted by Gasteiger charge is -2.24. The molecular formula is C10H16N4OS. The van der Waals surface area contributed by atoms with Crippen LogP contribution in [0.2, 0.25) is 0 Å². The first kappa shape index (κ1) is 11.3. The second-order valence-electron chi connectivity index (χ2n) is 3.69. The number of guanidine groups is 1. The van der Waals surface area contributed by atoms with Crippen molar-refractivity contribution in [1.82, 2.24) is 9.88 Å². The van der Waals surface area contributed by atoms with E-state index in [9.17, 15) is 0 Å². The summed E-state index contributed by atoms with van der Waals surface area (Å²) >= 11 is 1.66. The molecule has 1 aromatic heterocycles. The minimum absolute atomic E-state index is 0.181. The summed E-state index contributed by atoms with van der Waals surface area (Å²) in [5, 5.41) is 3.15. The number of aromatic nitrogens is 1. The molecule has 6 heteroatoms. The van der Waals surface area contributed by atoms with E-state index in [0.717, 1.165) is 17.2 Å². The number of methoxy groups -OCH3 is 1. The number of aliphatic imine (C=N–C) groups is 1. The molecule has 16 heavy (non-hydrogen) atoms. The van der Waals surface area contributed by atoms with Gasteiger partial charge >= 0.3 is 0 Å². The van der Waals surface area contributed by atoms with E-state index < -0.39 is 0 Å². The molecule has 1 atom stereocenters. The molecule has 1 aromatic rings. The first-order chi connectivity index (χ1) is 7.72. The SMILES string of the molecule is COCCN1C(N)=NCC1c1csc(C)n1. The number of hydrogen-bond acceptors (Lipinski definition) is 6. The van der Waals surface area contributed by atoms with Crippen LogP contribution in [0.1, 0.15) is 16.7 Å². The monoisotopic (exact) mass is 240 g/mol. The van der Waals surface area contributed by atoms with Crippen molar-refractivity contribution >= 4 is 17.3 Å². The van der Waals surface area contributed by atoms with Gasteiger partial charge in [0.2, 0.25) is 0 Å². The molecule has 0 radical (unpaired) electrons. The van der Waals surface area contributed by atoms with Gasteiger partial charge in [0, 0.05) is 19.0 Å². The molecule has 0 saturated heterocycles. The normalized spacial score (nSPS) is 20.2. The van der Waals surface area contributed by atoms with E-state index in [2.05, 4.69) is 20.3 Å². The molecular weight excluding hydrogens is 224 g/mol. The van der Waals surface area contributed by atoms with E-state index >= 15 is 0 Å². The molecule has 1 aliphatic heterocycles. The second kappa shape index (κ2) is 4.80. The Labute approximate surface area is 98.9 Å². The van der Waals surface area contributed by atoms with Crippen molar-refractivity contribution in [3.8, 4) is 0 Å². The standard InChI is InChI=1S/C10H16N4OS/c1-7-13-8(6-16-7)9-5-12-10(11)14(9)3-4-15-2/h6,9H,3-5H2,1-2H3,(H2,11,12). The van der Waals surface area contributed by atoms with Crippen molar-refractivity contribution in [2.75, 3.05) is 26.8 Å². The van der Waals surface area contributed by atoms with E-state index in [1.165, 1.54) is 0 Å². The molecule has 0 fully saturated rings. The lowest BCUT2D eigenvalue weighted by molar-refractivity contribution is 0.166. The lowest BCUT2D eigenvalue weighted by atomic mass is 10.2. The average molecular weight is 240 g/mol. The highest BCUT2D eigenvalue weighted by molar-refractivity contribution is 7.09. The number of hydrogen-bond donors (Lipinski definition) is 1. The quantitative estimate of drug-likeness (QED) is 0.844. The minimum atomic E-state index is 0.181. The molecule has 1 aliphatic rings. The van der Waals surface area contributed by atoms with Gasteiger partial charge < -0.3 is 15.4 Å². The van der Waals surface area contributed by atoms with E-state index in [1.54, 1.807) is 18.4 Å². The Morgan fingerprint density at radius 2 is 2.50 bits per heavy atom. The third-order valence-corrected chi connectivity index (χ3v) is 3.40. The Hall–Kier alpha value is -1.14. The third kappa shape index (κ3) is 2.17. The number of nitrogens with two attached hydrogens (primary N) is 1. The fourth-order valence-electron chi connectivity index (χ4n) is 1.78. The number of ether oxygens (including phenoxy) is 1. The Morgan fingerprint density at radius 3 is 3.12 bits per heavy atom. The second-order valence-corrected chi connectivity index (χ2v) is 4.75. The number of thiazole rings is 1. The summed E-state index contributed by atoms with van der Waals surface area (Å²) < 4.78 is 5.07. The smallest absolute Gasteiger partial charge is 0.192 e. The van der Waals surface area contributed by atoms with E-state index in [-0.39, 0.29) is 6.04 Å². The highest BCUT2D eigenvalue weighted by Crippen LogP contribution is 2.26. The summed E-state index contributed by atoms with van der Waals surface area (Å²) in [6, 6.07) is 0.181. The molecule has 88 valence electrons. The molecule has 5 nitrogen and oxygen atoms in total. The van der Waals surface area contributed by atoms with Crippen LogP contribution in [0.15, 0.2) is 10.4 Å². The van der Waals surface area contributed by atoms with E-state index in [4.69, 9.17) is 10.5 Å². The Morgan fingerprint density at radius 1 is 1.69 bits per heavy atom. The Balaban J connectivity index is 2.10. The van der Waals surface area contributed by atoms with Gasteiger partial charge in [0.15, 0.2) is 5.96 Å². The Kier molecular flexibility index (Phi) is 3.40. The van der Waals surface area contributed by atoms with Gasteiger partial charge in [-0.1, -0.05) is 0 Å². The van der Waals surface area contributed by atoms with Crippen LogP contribution in [0.4, 0.5) is 0 Å².